The van der Waals surface area contributed by atoms with Crippen LogP contribution in [0, 0.1) is 0 Å². The summed E-state index contributed by atoms with van der Waals surface area (Å²) < 4.78 is 10.4. The molecule has 4 heteroatoms. The van der Waals surface area contributed by atoms with Crippen LogP contribution in [-0.2, 0) is 4.79 Å². The Morgan fingerprint density at radius 2 is 2.12 bits per heavy atom. The molecule has 17 heavy (non-hydrogen) atoms. The van der Waals surface area contributed by atoms with Gasteiger partial charge in [-0.05, 0) is 31.5 Å². The lowest BCUT2D eigenvalue weighted by Gasteiger charge is -2.14. The molecule has 0 aliphatic rings. The summed E-state index contributed by atoms with van der Waals surface area (Å²) in [6, 6.07) is 5.34. The maximum absolute atomic E-state index is 10.7. The second-order valence-corrected chi connectivity index (χ2v) is 3.51. The highest BCUT2D eigenvalue weighted by Gasteiger charge is 2.15. The maximum Gasteiger partial charge on any atom is 0.344 e. The SMILES string of the molecule is C/C=C/c1ccc(O[C@H](C)C(=O)O)c(OC)c1. The van der Waals surface area contributed by atoms with Gasteiger partial charge in [-0.15, -0.1) is 0 Å². The minimum absolute atomic E-state index is 0.427. The number of carbonyl (C=O) groups is 1. The van der Waals surface area contributed by atoms with Crippen molar-refractivity contribution in [2.75, 3.05) is 7.11 Å². The van der Waals surface area contributed by atoms with Crippen molar-refractivity contribution in [3.8, 4) is 11.5 Å². The topological polar surface area (TPSA) is 55.8 Å². The Bertz CT molecular complexity index is 423. The number of benzene rings is 1. The van der Waals surface area contributed by atoms with E-state index in [1.54, 1.807) is 12.1 Å². The number of hydrogen-bond donors (Lipinski definition) is 1. The van der Waals surface area contributed by atoms with Crippen molar-refractivity contribution in [3.63, 3.8) is 0 Å². The second-order valence-electron chi connectivity index (χ2n) is 3.51. The van der Waals surface area contributed by atoms with E-state index in [1.165, 1.54) is 14.0 Å². The second kappa shape index (κ2) is 5.94. The lowest BCUT2D eigenvalue weighted by atomic mass is 10.2. The molecule has 0 aliphatic carbocycles. The van der Waals surface area contributed by atoms with E-state index in [0.29, 0.717) is 11.5 Å². The Labute approximate surface area is 100 Å². The van der Waals surface area contributed by atoms with Crippen LogP contribution in [0.3, 0.4) is 0 Å². The fraction of sp³-hybridized carbons (Fsp3) is 0.308. The maximum atomic E-state index is 10.7. The Morgan fingerprint density at radius 3 is 2.65 bits per heavy atom. The van der Waals surface area contributed by atoms with E-state index >= 15 is 0 Å². The van der Waals surface area contributed by atoms with Gasteiger partial charge >= 0.3 is 5.97 Å². The number of allylic oxidation sites excluding steroid dienone is 1. The molecule has 0 saturated heterocycles. The van der Waals surface area contributed by atoms with Gasteiger partial charge in [0.25, 0.3) is 0 Å². The summed E-state index contributed by atoms with van der Waals surface area (Å²) in [7, 11) is 1.52. The highest BCUT2D eigenvalue weighted by Crippen LogP contribution is 2.29. The quantitative estimate of drug-likeness (QED) is 0.853. The van der Waals surface area contributed by atoms with Crippen molar-refractivity contribution in [1.82, 2.24) is 0 Å². The number of aliphatic carboxylic acids is 1. The summed E-state index contributed by atoms with van der Waals surface area (Å²) in [5.41, 5.74) is 0.972. The third-order valence-electron chi connectivity index (χ3n) is 2.20. The van der Waals surface area contributed by atoms with Crippen molar-refractivity contribution in [2.24, 2.45) is 0 Å². The largest absolute Gasteiger partial charge is 0.493 e. The number of methoxy groups -OCH3 is 1. The van der Waals surface area contributed by atoms with Gasteiger partial charge in [-0.2, -0.15) is 0 Å². The third kappa shape index (κ3) is 3.52. The molecule has 0 aromatic heterocycles. The number of rotatable bonds is 5. The van der Waals surface area contributed by atoms with Crippen LogP contribution in [0.25, 0.3) is 6.08 Å². The lowest BCUT2D eigenvalue weighted by Crippen LogP contribution is -2.23. The Kier molecular flexibility index (Phi) is 4.57. The molecule has 1 aromatic rings. The first-order valence-corrected chi connectivity index (χ1v) is 5.28. The van der Waals surface area contributed by atoms with Gasteiger partial charge in [0.2, 0.25) is 0 Å². The Balaban J connectivity index is 2.96. The summed E-state index contributed by atoms with van der Waals surface area (Å²) in [5, 5.41) is 8.77. The van der Waals surface area contributed by atoms with Crippen molar-refractivity contribution in [3.05, 3.63) is 29.8 Å². The van der Waals surface area contributed by atoms with Crippen LogP contribution in [0.1, 0.15) is 19.4 Å². The van der Waals surface area contributed by atoms with Crippen LogP contribution in [0.15, 0.2) is 24.3 Å². The van der Waals surface area contributed by atoms with Gasteiger partial charge in [0.1, 0.15) is 0 Å². The van der Waals surface area contributed by atoms with E-state index in [2.05, 4.69) is 0 Å². The summed E-state index contributed by atoms with van der Waals surface area (Å²) in [5.74, 6) is -0.0612. The molecule has 4 nitrogen and oxygen atoms in total. The number of carboxylic acid groups (broad SMARTS) is 1. The molecule has 0 aliphatic heterocycles. The number of hydrogen-bond acceptors (Lipinski definition) is 3. The fourth-order valence-electron chi connectivity index (χ4n) is 1.32. The van der Waals surface area contributed by atoms with Crippen molar-refractivity contribution >= 4 is 12.0 Å². The van der Waals surface area contributed by atoms with E-state index < -0.39 is 12.1 Å². The van der Waals surface area contributed by atoms with Gasteiger partial charge in [0.15, 0.2) is 17.6 Å². The Hall–Kier alpha value is -1.97. The molecule has 1 atom stereocenters. The minimum Gasteiger partial charge on any atom is -0.493 e. The minimum atomic E-state index is -1.01. The van der Waals surface area contributed by atoms with Gasteiger partial charge in [0, 0.05) is 0 Å². The fourth-order valence-corrected chi connectivity index (χ4v) is 1.32. The van der Waals surface area contributed by atoms with Crippen LogP contribution in [-0.4, -0.2) is 24.3 Å². The molecule has 0 spiro atoms. The number of ether oxygens (including phenoxy) is 2. The average Bonchev–Trinajstić information content (AvgIpc) is 2.31. The van der Waals surface area contributed by atoms with Crippen LogP contribution >= 0.6 is 0 Å². The van der Waals surface area contributed by atoms with Crippen molar-refractivity contribution in [1.29, 1.82) is 0 Å². The molecule has 0 bridgehead atoms. The summed E-state index contributed by atoms with van der Waals surface area (Å²) in [4.78, 5) is 10.7. The average molecular weight is 236 g/mol. The zero-order chi connectivity index (χ0) is 12.8. The predicted octanol–water partition coefficient (Wildman–Crippen LogP) is 2.58. The predicted molar refractivity (Wildman–Crippen MR) is 65.4 cm³/mol. The zero-order valence-corrected chi connectivity index (χ0v) is 10.1. The highest BCUT2D eigenvalue weighted by molar-refractivity contribution is 5.72. The molecule has 0 saturated carbocycles. The highest BCUT2D eigenvalue weighted by atomic mass is 16.5. The first kappa shape index (κ1) is 13.1. The van der Waals surface area contributed by atoms with Crippen molar-refractivity contribution in [2.45, 2.75) is 20.0 Å². The van der Waals surface area contributed by atoms with E-state index in [9.17, 15) is 4.79 Å². The van der Waals surface area contributed by atoms with Gasteiger partial charge < -0.3 is 14.6 Å². The van der Waals surface area contributed by atoms with Crippen LogP contribution in [0.4, 0.5) is 0 Å². The first-order valence-electron chi connectivity index (χ1n) is 5.28. The van der Waals surface area contributed by atoms with E-state index in [1.807, 2.05) is 25.1 Å². The van der Waals surface area contributed by atoms with Crippen LogP contribution < -0.4 is 9.47 Å². The molecule has 0 fully saturated rings. The molecular formula is C13H16O4. The standard InChI is InChI=1S/C13H16O4/c1-4-5-10-6-7-11(12(8-10)16-3)17-9(2)13(14)15/h4-9H,1-3H3,(H,14,15)/b5-4+/t9-/m1/s1. The van der Waals surface area contributed by atoms with E-state index in [-0.39, 0.29) is 0 Å². The Morgan fingerprint density at radius 1 is 1.41 bits per heavy atom. The van der Waals surface area contributed by atoms with Crippen molar-refractivity contribution < 1.29 is 19.4 Å². The monoisotopic (exact) mass is 236 g/mol. The van der Waals surface area contributed by atoms with Gasteiger partial charge in [0.05, 0.1) is 7.11 Å². The molecule has 0 heterocycles. The third-order valence-corrected chi connectivity index (χ3v) is 2.20. The van der Waals surface area contributed by atoms with E-state index in [4.69, 9.17) is 14.6 Å². The normalized spacial score (nSPS) is 12.4. The van der Waals surface area contributed by atoms with Gasteiger partial charge in [-0.3, -0.25) is 0 Å². The molecule has 1 N–H and O–H groups in total. The van der Waals surface area contributed by atoms with E-state index in [0.717, 1.165) is 5.56 Å². The van der Waals surface area contributed by atoms with Gasteiger partial charge in [-0.1, -0.05) is 18.2 Å². The molecule has 1 aromatic carbocycles. The van der Waals surface area contributed by atoms with Gasteiger partial charge in [-0.25, -0.2) is 4.79 Å². The van der Waals surface area contributed by atoms with Crippen LogP contribution in [0.2, 0.25) is 0 Å². The lowest BCUT2D eigenvalue weighted by molar-refractivity contribution is -0.144. The number of carboxylic acids is 1. The molecule has 0 unspecified atom stereocenters. The van der Waals surface area contributed by atoms with Crippen LogP contribution in [0.5, 0.6) is 11.5 Å². The molecule has 92 valence electrons. The zero-order valence-electron chi connectivity index (χ0n) is 10.1. The molecule has 0 amide bonds. The molecular weight excluding hydrogens is 220 g/mol. The first-order chi connectivity index (χ1) is 8.08. The summed E-state index contributed by atoms with van der Waals surface area (Å²) in [6.07, 6.45) is 2.93. The summed E-state index contributed by atoms with van der Waals surface area (Å²) >= 11 is 0. The molecule has 0 radical (unpaired) electrons. The smallest absolute Gasteiger partial charge is 0.344 e. The summed E-state index contributed by atoms with van der Waals surface area (Å²) in [6.45, 7) is 3.39. The molecule has 1 rings (SSSR count).